The Kier molecular flexibility index (Phi) is 4.01. The minimum atomic E-state index is 0.646. The quantitative estimate of drug-likeness (QED) is 0.498. The fourth-order valence-electron chi connectivity index (χ4n) is 2.44. The van der Waals surface area contributed by atoms with Crippen LogP contribution in [-0.4, -0.2) is 15.0 Å². The Morgan fingerprint density at radius 1 is 0.875 bits per heavy atom. The van der Waals surface area contributed by atoms with Crippen LogP contribution in [0, 0.1) is 6.92 Å². The summed E-state index contributed by atoms with van der Waals surface area (Å²) in [6.45, 7) is 1.99. The predicted molar refractivity (Wildman–Crippen MR) is 95.8 cm³/mol. The Morgan fingerprint density at radius 2 is 1.58 bits per heavy atom. The van der Waals surface area contributed by atoms with E-state index < -0.39 is 0 Å². The van der Waals surface area contributed by atoms with Gasteiger partial charge in [-0.1, -0.05) is 42.1 Å². The van der Waals surface area contributed by atoms with Gasteiger partial charge in [-0.15, -0.1) is 0 Å². The van der Waals surface area contributed by atoms with E-state index >= 15 is 0 Å². The van der Waals surface area contributed by atoms with Crippen molar-refractivity contribution in [1.82, 2.24) is 15.0 Å². The normalized spacial score (nSPS) is 11.0. The average Bonchev–Trinajstić information content (AvgIpc) is 3.10. The van der Waals surface area contributed by atoms with E-state index in [1.54, 1.807) is 18.0 Å². The Balaban J connectivity index is 1.53. The molecule has 118 valence electrons. The van der Waals surface area contributed by atoms with Crippen LogP contribution in [0.2, 0.25) is 0 Å². The average molecular weight is 333 g/mol. The molecule has 24 heavy (non-hydrogen) atoms. The van der Waals surface area contributed by atoms with Gasteiger partial charge in [0.05, 0.1) is 22.4 Å². The second-order valence-corrected chi connectivity index (χ2v) is 6.37. The lowest BCUT2D eigenvalue weighted by Crippen LogP contribution is -1.93. The summed E-state index contributed by atoms with van der Waals surface area (Å²) in [5.74, 6) is 1.34. The first-order valence-corrected chi connectivity index (χ1v) is 8.64. The number of aryl methyl sites for hydroxylation is 1. The van der Waals surface area contributed by atoms with Gasteiger partial charge in [0, 0.05) is 11.3 Å². The molecule has 0 aliphatic heterocycles. The Morgan fingerprint density at radius 3 is 2.38 bits per heavy atom. The molecule has 4 nitrogen and oxygen atoms in total. The highest BCUT2D eigenvalue weighted by molar-refractivity contribution is 7.98. The first-order valence-electron chi connectivity index (χ1n) is 7.65. The Hall–Kier alpha value is -2.66. The minimum absolute atomic E-state index is 0.646. The molecule has 0 N–H and O–H groups in total. The molecule has 2 heterocycles. The van der Waals surface area contributed by atoms with Gasteiger partial charge in [0.1, 0.15) is 11.3 Å². The zero-order chi connectivity index (χ0) is 16.4. The summed E-state index contributed by atoms with van der Waals surface area (Å²) in [6.07, 6.45) is 1.71. The molecule has 0 aliphatic carbocycles. The van der Waals surface area contributed by atoms with E-state index in [2.05, 4.69) is 9.97 Å². The van der Waals surface area contributed by atoms with E-state index in [-0.39, 0.29) is 0 Å². The van der Waals surface area contributed by atoms with Gasteiger partial charge in [-0.2, -0.15) is 0 Å². The molecule has 2 aromatic heterocycles. The SMILES string of the molecule is Cc1nc2ccccc2nc1SCc1coc(-c2ccccc2)n1. The van der Waals surface area contributed by atoms with Crippen molar-refractivity contribution >= 4 is 22.8 Å². The van der Waals surface area contributed by atoms with Crippen LogP contribution in [0.25, 0.3) is 22.5 Å². The first kappa shape index (κ1) is 14.9. The minimum Gasteiger partial charge on any atom is -0.444 e. The third-order valence-electron chi connectivity index (χ3n) is 3.63. The molecule has 5 heteroatoms. The highest BCUT2D eigenvalue weighted by Gasteiger charge is 2.10. The fraction of sp³-hybridized carbons (Fsp3) is 0.105. The standard InChI is InChI=1S/C19H15N3OS/c1-13-19(22-17-10-6-5-9-16(17)20-13)24-12-15-11-23-18(21-15)14-7-3-2-4-8-14/h2-11H,12H2,1H3. The number of para-hydroxylation sites is 2. The number of thioether (sulfide) groups is 1. The molecular formula is C19H15N3OS. The number of rotatable bonds is 4. The van der Waals surface area contributed by atoms with Crippen molar-refractivity contribution in [1.29, 1.82) is 0 Å². The van der Waals surface area contributed by atoms with Gasteiger partial charge in [-0.3, -0.25) is 0 Å². The lowest BCUT2D eigenvalue weighted by molar-refractivity contribution is 0.573. The molecule has 0 spiro atoms. The summed E-state index contributed by atoms with van der Waals surface area (Å²) in [4.78, 5) is 13.9. The van der Waals surface area contributed by atoms with Crippen LogP contribution < -0.4 is 0 Å². The van der Waals surface area contributed by atoms with Crippen molar-refractivity contribution in [3.05, 3.63) is 72.2 Å². The molecule has 0 amide bonds. The summed E-state index contributed by atoms with van der Waals surface area (Å²) in [5.41, 5.74) is 4.65. The number of nitrogens with zero attached hydrogens (tertiary/aromatic N) is 3. The Labute approximate surface area is 144 Å². The van der Waals surface area contributed by atoms with Gasteiger partial charge in [0.25, 0.3) is 0 Å². The highest BCUT2D eigenvalue weighted by Crippen LogP contribution is 2.26. The smallest absolute Gasteiger partial charge is 0.226 e. The lowest BCUT2D eigenvalue weighted by Gasteiger charge is -2.04. The maximum absolute atomic E-state index is 5.58. The summed E-state index contributed by atoms with van der Waals surface area (Å²) < 4.78 is 5.58. The number of oxazole rings is 1. The van der Waals surface area contributed by atoms with Gasteiger partial charge >= 0.3 is 0 Å². The van der Waals surface area contributed by atoms with E-state index in [0.29, 0.717) is 11.6 Å². The maximum atomic E-state index is 5.58. The largest absolute Gasteiger partial charge is 0.444 e. The van der Waals surface area contributed by atoms with E-state index in [9.17, 15) is 0 Å². The highest BCUT2D eigenvalue weighted by atomic mass is 32.2. The summed E-state index contributed by atoms with van der Waals surface area (Å²) >= 11 is 1.63. The molecule has 0 unspecified atom stereocenters. The fourth-order valence-corrected chi connectivity index (χ4v) is 3.27. The van der Waals surface area contributed by atoms with Crippen LogP contribution in [0.5, 0.6) is 0 Å². The molecule has 0 radical (unpaired) electrons. The van der Waals surface area contributed by atoms with Crippen molar-refractivity contribution in [2.75, 3.05) is 0 Å². The molecule has 0 aliphatic rings. The van der Waals surface area contributed by atoms with Crippen LogP contribution in [0.4, 0.5) is 0 Å². The molecule has 2 aromatic carbocycles. The van der Waals surface area contributed by atoms with Crippen LogP contribution in [0.1, 0.15) is 11.4 Å². The summed E-state index contributed by atoms with van der Waals surface area (Å²) in [7, 11) is 0. The third kappa shape index (κ3) is 3.03. The van der Waals surface area contributed by atoms with E-state index in [0.717, 1.165) is 33.0 Å². The number of aromatic nitrogens is 3. The molecule has 4 rings (SSSR count). The van der Waals surface area contributed by atoms with Crippen molar-refractivity contribution in [2.45, 2.75) is 17.7 Å². The molecule has 0 atom stereocenters. The third-order valence-corrected chi connectivity index (χ3v) is 4.73. The summed E-state index contributed by atoms with van der Waals surface area (Å²) in [5, 5.41) is 0.929. The van der Waals surface area contributed by atoms with Crippen LogP contribution in [0.3, 0.4) is 0 Å². The van der Waals surface area contributed by atoms with Crippen molar-refractivity contribution in [3.8, 4) is 11.5 Å². The lowest BCUT2D eigenvalue weighted by atomic mass is 10.2. The number of benzene rings is 2. The second kappa shape index (κ2) is 6.45. The van der Waals surface area contributed by atoms with Crippen molar-refractivity contribution in [3.63, 3.8) is 0 Å². The van der Waals surface area contributed by atoms with Crippen molar-refractivity contribution in [2.24, 2.45) is 0 Å². The van der Waals surface area contributed by atoms with Crippen LogP contribution in [0.15, 0.2) is 70.3 Å². The summed E-state index contributed by atoms with van der Waals surface area (Å²) in [6, 6.07) is 17.8. The van der Waals surface area contributed by atoms with Gasteiger partial charge in [-0.05, 0) is 31.2 Å². The first-order chi connectivity index (χ1) is 11.8. The van der Waals surface area contributed by atoms with Gasteiger partial charge in [0.2, 0.25) is 5.89 Å². The number of hydrogen-bond donors (Lipinski definition) is 0. The zero-order valence-corrected chi connectivity index (χ0v) is 14.0. The van der Waals surface area contributed by atoms with Gasteiger partial charge < -0.3 is 4.42 Å². The van der Waals surface area contributed by atoms with Crippen LogP contribution >= 0.6 is 11.8 Å². The molecule has 0 bridgehead atoms. The Bertz CT molecular complexity index is 982. The van der Waals surface area contributed by atoms with Crippen molar-refractivity contribution < 1.29 is 4.42 Å². The van der Waals surface area contributed by atoms with Crippen LogP contribution in [-0.2, 0) is 5.75 Å². The van der Waals surface area contributed by atoms with E-state index in [1.165, 1.54) is 0 Å². The van der Waals surface area contributed by atoms with Gasteiger partial charge in [-0.25, -0.2) is 15.0 Å². The number of hydrogen-bond acceptors (Lipinski definition) is 5. The number of fused-ring (bicyclic) bond motifs is 1. The molecule has 0 saturated carbocycles. The van der Waals surface area contributed by atoms with Gasteiger partial charge in [0.15, 0.2) is 0 Å². The maximum Gasteiger partial charge on any atom is 0.226 e. The van der Waals surface area contributed by atoms with E-state index in [1.807, 2.05) is 61.5 Å². The molecular weight excluding hydrogens is 318 g/mol. The molecule has 4 aromatic rings. The second-order valence-electron chi connectivity index (χ2n) is 5.40. The monoisotopic (exact) mass is 333 g/mol. The van der Waals surface area contributed by atoms with E-state index in [4.69, 9.17) is 9.40 Å². The predicted octanol–water partition coefficient (Wildman–Crippen LogP) is 4.89. The topological polar surface area (TPSA) is 51.8 Å². The molecule has 0 saturated heterocycles. The molecule has 0 fully saturated rings. The zero-order valence-electron chi connectivity index (χ0n) is 13.1.